The molecular weight excluding hydrogens is 246 g/mol. The molecule has 0 aromatic carbocycles. The summed E-state index contributed by atoms with van der Waals surface area (Å²) in [5.74, 6) is -1.08. The van der Waals surface area contributed by atoms with Crippen LogP contribution < -0.4 is 5.32 Å². The first kappa shape index (κ1) is 13.7. The molecule has 7 nitrogen and oxygen atoms in total. The molecule has 1 unspecified atom stereocenters. The number of carboxylic acid groups (broad SMARTS) is 1. The Morgan fingerprint density at radius 3 is 2.82 bits per heavy atom. The number of nitrogens with one attached hydrogen (secondary N) is 2. The Balaban J connectivity index is 2.56. The maximum absolute atomic E-state index is 11.0. The number of hydrogen-bond donors (Lipinski definition) is 3. The zero-order valence-corrected chi connectivity index (χ0v) is 10.4. The standard InChI is InChI=1S/C9H15N3O4S/c1-6(5-17(2,15)16)10-3-7-4-11-12-8(7)9(13)14/h4,6,10H,3,5H2,1-2H3,(H,11,12)(H,13,14). The molecule has 0 bridgehead atoms. The van der Waals surface area contributed by atoms with E-state index in [0.29, 0.717) is 5.56 Å². The van der Waals surface area contributed by atoms with Crippen LogP contribution in [0.5, 0.6) is 0 Å². The van der Waals surface area contributed by atoms with Gasteiger partial charge in [-0.05, 0) is 6.92 Å². The maximum Gasteiger partial charge on any atom is 0.354 e. The molecule has 0 fully saturated rings. The van der Waals surface area contributed by atoms with E-state index in [1.54, 1.807) is 6.92 Å². The molecule has 0 spiro atoms. The molecule has 1 atom stereocenters. The van der Waals surface area contributed by atoms with Crippen LogP contribution in [0.3, 0.4) is 0 Å². The van der Waals surface area contributed by atoms with Crippen LogP contribution in [-0.2, 0) is 16.4 Å². The topological polar surface area (TPSA) is 112 Å². The Hall–Kier alpha value is -1.41. The second-order valence-corrected chi connectivity index (χ2v) is 6.13. The molecule has 17 heavy (non-hydrogen) atoms. The first-order chi connectivity index (χ1) is 7.79. The van der Waals surface area contributed by atoms with Crippen molar-refractivity contribution in [3.63, 3.8) is 0 Å². The van der Waals surface area contributed by atoms with Crippen molar-refractivity contribution in [2.45, 2.75) is 19.5 Å². The predicted molar refractivity (Wildman–Crippen MR) is 61.6 cm³/mol. The van der Waals surface area contributed by atoms with E-state index in [-0.39, 0.29) is 24.0 Å². The van der Waals surface area contributed by atoms with Gasteiger partial charge in [0, 0.05) is 24.4 Å². The number of carbonyl (C=O) groups is 1. The van der Waals surface area contributed by atoms with E-state index in [0.717, 1.165) is 6.26 Å². The minimum atomic E-state index is -3.04. The summed E-state index contributed by atoms with van der Waals surface area (Å²) in [5.41, 5.74) is 0.516. The molecule has 0 saturated heterocycles. The van der Waals surface area contributed by atoms with Crippen LogP contribution in [0.15, 0.2) is 6.20 Å². The average molecular weight is 261 g/mol. The monoisotopic (exact) mass is 261 g/mol. The Bertz CT molecular complexity index is 494. The molecule has 96 valence electrons. The second-order valence-electron chi connectivity index (χ2n) is 3.95. The predicted octanol–water partition coefficient (Wildman–Crippen LogP) is -0.369. The normalized spacial score (nSPS) is 13.5. The zero-order chi connectivity index (χ0) is 13.1. The molecule has 0 aliphatic heterocycles. The van der Waals surface area contributed by atoms with E-state index in [1.165, 1.54) is 6.20 Å². The lowest BCUT2D eigenvalue weighted by Gasteiger charge is -2.11. The summed E-state index contributed by atoms with van der Waals surface area (Å²) in [4.78, 5) is 10.8. The Morgan fingerprint density at radius 2 is 2.29 bits per heavy atom. The van der Waals surface area contributed by atoms with Crippen molar-refractivity contribution in [2.75, 3.05) is 12.0 Å². The van der Waals surface area contributed by atoms with Gasteiger partial charge in [0.1, 0.15) is 15.5 Å². The van der Waals surface area contributed by atoms with Crippen LogP contribution in [0.2, 0.25) is 0 Å². The largest absolute Gasteiger partial charge is 0.477 e. The summed E-state index contributed by atoms with van der Waals surface area (Å²) in [6, 6.07) is -0.249. The van der Waals surface area contributed by atoms with Gasteiger partial charge in [0.05, 0.1) is 11.9 Å². The highest BCUT2D eigenvalue weighted by atomic mass is 32.2. The molecule has 0 saturated carbocycles. The van der Waals surface area contributed by atoms with Crippen molar-refractivity contribution < 1.29 is 18.3 Å². The summed E-state index contributed by atoms with van der Waals surface area (Å²) in [7, 11) is -3.04. The van der Waals surface area contributed by atoms with Crippen molar-refractivity contribution >= 4 is 15.8 Å². The van der Waals surface area contributed by atoms with Gasteiger partial charge < -0.3 is 10.4 Å². The fourth-order valence-corrected chi connectivity index (χ4v) is 2.45. The third-order valence-electron chi connectivity index (χ3n) is 2.13. The molecule has 3 N–H and O–H groups in total. The lowest BCUT2D eigenvalue weighted by atomic mass is 10.2. The highest BCUT2D eigenvalue weighted by Crippen LogP contribution is 2.04. The van der Waals surface area contributed by atoms with Crippen LogP contribution in [0.1, 0.15) is 23.0 Å². The van der Waals surface area contributed by atoms with Gasteiger partial charge >= 0.3 is 5.97 Å². The first-order valence-electron chi connectivity index (χ1n) is 4.96. The fourth-order valence-electron chi connectivity index (χ4n) is 1.43. The summed E-state index contributed by atoms with van der Waals surface area (Å²) >= 11 is 0. The van der Waals surface area contributed by atoms with Gasteiger partial charge in [-0.2, -0.15) is 5.10 Å². The maximum atomic E-state index is 11.0. The minimum Gasteiger partial charge on any atom is -0.477 e. The lowest BCUT2D eigenvalue weighted by Crippen LogP contribution is -2.32. The highest BCUT2D eigenvalue weighted by Gasteiger charge is 2.14. The highest BCUT2D eigenvalue weighted by molar-refractivity contribution is 7.90. The van der Waals surface area contributed by atoms with Crippen LogP contribution >= 0.6 is 0 Å². The van der Waals surface area contributed by atoms with Gasteiger partial charge in [-0.1, -0.05) is 0 Å². The van der Waals surface area contributed by atoms with Crippen LogP contribution in [0.25, 0.3) is 0 Å². The second kappa shape index (κ2) is 5.28. The minimum absolute atomic E-state index is 0.00720. The average Bonchev–Trinajstić information content (AvgIpc) is 2.59. The number of aromatic nitrogens is 2. The summed E-state index contributed by atoms with van der Waals surface area (Å²) < 4.78 is 22.1. The molecule has 8 heteroatoms. The number of H-pyrrole nitrogens is 1. The summed E-state index contributed by atoms with van der Waals surface area (Å²) in [6.45, 7) is 1.98. The van der Waals surface area contributed by atoms with E-state index < -0.39 is 15.8 Å². The molecule has 1 rings (SSSR count). The number of sulfone groups is 1. The van der Waals surface area contributed by atoms with E-state index in [9.17, 15) is 13.2 Å². The molecule has 0 aliphatic rings. The van der Waals surface area contributed by atoms with Crippen molar-refractivity contribution in [1.82, 2.24) is 15.5 Å². The van der Waals surface area contributed by atoms with E-state index in [4.69, 9.17) is 5.11 Å². The van der Waals surface area contributed by atoms with E-state index in [1.807, 2.05) is 0 Å². The number of nitrogens with zero attached hydrogens (tertiary/aromatic N) is 1. The quantitative estimate of drug-likeness (QED) is 0.644. The molecule has 1 aromatic rings. The molecule has 0 aliphatic carbocycles. The van der Waals surface area contributed by atoms with Gasteiger partial charge in [-0.25, -0.2) is 13.2 Å². The van der Waals surface area contributed by atoms with Crippen molar-refractivity contribution in [3.8, 4) is 0 Å². The van der Waals surface area contributed by atoms with Crippen LogP contribution in [0.4, 0.5) is 0 Å². The molecule has 1 aromatic heterocycles. The Labute approximate surface area is 99.1 Å². The van der Waals surface area contributed by atoms with E-state index >= 15 is 0 Å². The van der Waals surface area contributed by atoms with Gasteiger partial charge in [-0.15, -0.1) is 0 Å². The Morgan fingerprint density at radius 1 is 1.65 bits per heavy atom. The van der Waals surface area contributed by atoms with Crippen molar-refractivity contribution in [3.05, 3.63) is 17.5 Å². The van der Waals surface area contributed by atoms with Gasteiger partial charge in [0.25, 0.3) is 0 Å². The van der Waals surface area contributed by atoms with Gasteiger partial charge in [0.15, 0.2) is 0 Å². The zero-order valence-electron chi connectivity index (χ0n) is 9.60. The number of aromatic amines is 1. The smallest absolute Gasteiger partial charge is 0.354 e. The van der Waals surface area contributed by atoms with Gasteiger partial charge in [0.2, 0.25) is 0 Å². The third-order valence-corrected chi connectivity index (χ3v) is 3.23. The number of aromatic carboxylic acids is 1. The number of hydrogen-bond acceptors (Lipinski definition) is 5. The van der Waals surface area contributed by atoms with Crippen LogP contribution in [-0.4, -0.2) is 47.7 Å². The third kappa shape index (κ3) is 4.53. The summed E-state index contributed by atoms with van der Waals surface area (Å²) in [6.07, 6.45) is 2.56. The number of rotatable bonds is 6. The summed E-state index contributed by atoms with van der Waals surface area (Å²) in [5, 5.41) is 17.7. The molecular formula is C9H15N3O4S. The Kier molecular flexibility index (Phi) is 4.24. The molecule has 1 heterocycles. The van der Waals surface area contributed by atoms with Crippen molar-refractivity contribution in [2.24, 2.45) is 0 Å². The first-order valence-corrected chi connectivity index (χ1v) is 7.02. The SMILES string of the molecule is CC(CS(C)(=O)=O)NCc1cn[nH]c1C(=O)O. The fraction of sp³-hybridized carbons (Fsp3) is 0.556. The lowest BCUT2D eigenvalue weighted by molar-refractivity contribution is 0.0689. The number of carboxylic acids is 1. The molecule has 0 amide bonds. The van der Waals surface area contributed by atoms with Crippen molar-refractivity contribution in [1.29, 1.82) is 0 Å². The van der Waals surface area contributed by atoms with E-state index in [2.05, 4.69) is 15.5 Å². The van der Waals surface area contributed by atoms with Crippen LogP contribution in [0, 0.1) is 0 Å². The molecule has 0 radical (unpaired) electrons. The van der Waals surface area contributed by atoms with Gasteiger partial charge in [-0.3, -0.25) is 5.10 Å².